The van der Waals surface area contributed by atoms with Crippen molar-refractivity contribution in [3.63, 3.8) is 0 Å². The van der Waals surface area contributed by atoms with Crippen molar-refractivity contribution >= 4 is 35.8 Å². The summed E-state index contributed by atoms with van der Waals surface area (Å²) < 4.78 is 5.18. The first-order valence-electron chi connectivity index (χ1n) is 6.58. The Hall–Kier alpha value is -0.570. The molecule has 0 saturated carbocycles. The van der Waals surface area contributed by atoms with Crippen molar-refractivity contribution in [2.45, 2.75) is 33.1 Å². The van der Waals surface area contributed by atoms with Gasteiger partial charge in [-0.15, -0.1) is 24.0 Å². The van der Waals surface area contributed by atoms with Gasteiger partial charge in [0.25, 0.3) is 0 Å². The zero-order valence-electron chi connectivity index (χ0n) is 11.9. The Bertz CT molecular complexity index is 250. The van der Waals surface area contributed by atoms with Crippen LogP contribution in [0.15, 0.2) is 4.99 Å². The second-order valence-electron chi connectivity index (χ2n) is 3.84. The molecule has 6 nitrogen and oxygen atoms in total. The highest BCUT2D eigenvalue weighted by Crippen LogP contribution is 1.84. The number of rotatable bonds is 10. The van der Waals surface area contributed by atoms with Crippen molar-refractivity contribution in [2.75, 3.05) is 32.8 Å². The third kappa shape index (κ3) is 15.4. The molecule has 0 atom stereocenters. The molecule has 0 radical (unpaired) electrons. The highest BCUT2D eigenvalue weighted by Gasteiger charge is 1.99. The summed E-state index contributed by atoms with van der Waals surface area (Å²) in [4.78, 5) is 15.4. The average molecular weight is 386 g/mol. The van der Waals surface area contributed by atoms with Gasteiger partial charge in [0.05, 0.1) is 0 Å². The number of halogens is 1. The third-order valence-electron chi connectivity index (χ3n) is 2.16. The fourth-order valence-corrected chi connectivity index (χ4v) is 1.22. The maximum absolute atomic E-state index is 11.3. The Morgan fingerprint density at radius 3 is 2.63 bits per heavy atom. The number of nitrogens with one attached hydrogen (secondary N) is 2. The van der Waals surface area contributed by atoms with Crippen LogP contribution in [-0.4, -0.2) is 44.7 Å². The van der Waals surface area contributed by atoms with Crippen LogP contribution in [0.4, 0.5) is 0 Å². The summed E-state index contributed by atoms with van der Waals surface area (Å²) in [5.41, 5.74) is 5.64. The molecule has 0 saturated heterocycles. The summed E-state index contributed by atoms with van der Waals surface area (Å²) in [5, 5.41) is 5.70. The van der Waals surface area contributed by atoms with Crippen LogP contribution >= 0.6 is 24.0 Å². The van der Waals surface area contributed by atoms with E-state index in [0.29, 0.717) is 32.1 Å². The van der Waals surface area contributed by atoms with E-state index in [4.69, 9.17) is 10.5 Å². The third-order valence-corrected chi connectivity index (χ3v) is 2.16. The molecule has 0 spiro atoms. The number of carbonyl (C=O) groups is 1. The van der Waals surface area contributed by atoms with E-state index >= 15 is 0 Å². The van der Waals surface area contributed by atoms with Crippen molar-refractivity contribution in [1.82, 2.24) is 10.6 Å². The van der Waals surface area contributed by atoms with Gasteiger partial charge in [0, 0.05) is 39.3 Å². The molecule has 0 heterocycles. The van der Waals surface area contributed by atoms with E-state index in [2.05, 4.69) is 15.6 Å². The number of ether oxygens (including phenoxy) is 1. The zero-order valence-corrected chi connectivity index (χ0v) is 14.2. The Kier molecular flexibility index (Phi) is 16.9. The van der Waals surface area contributed by atoms with Crippen LogP contribution < -0.4 is 16.4 Å². The van der Waals surface area contributed by atoms with Gasteiger partial charge in [-0.1, -0.05) is 6.92 Å². The van der Waals surface area contributed by atoms with Gasteiger partial charge in [0.15, 0.2) is 5.96 Å². The topological polar surface area (TPSA) is 88.7 Å². The molecule has 0 fully saturated rings. The standard InChI is InChI=1S/C12H26N4O2.HI/c1-3-7-14-11(17)6-9-16-12(13)15-8-5-10-18-4-2;/h3-10H2,1-2H3,(H,14,17)(H3,13,15,16);1H. The normalized spacial score (nSPS) is 10.7. The lowest BCUT2D eigenvalue weighted by Gasteiger charge is -2.06. The maximum Gasteiger partial charge on any atom is 0.221 e. The molecule has 1 amide bonds. The number of aliphatic imine (C=N–C) groups is 1. The van der Waals surface area contributed by atoms with Gasteiger partial charge in [0.2, 0.25) is 5.91 Å². The zero-order chi connectivity index (χ0) is 13.6. The molecule has 0 aromatic carbocycles. The molecular formula is C12H27IN4O2. The van der Waals surface area contributed by atoms with E-state index in [-0.39, 0.29) is 29.9 Å². The van der Waals surface area contributed by atoms with E-state index in [0.717, 1.165) is 26.0 Å². The molecule has 4 N–H and O–H groups in total. The molecule has 0 aliphatic rings. The van der Waals surface area contributed by atoms with Crippen molar-refractivity contribution in [1.29, 1.82) is 0 Å². The summed E-state index contributed by atoms with van der Waals surface area (Å²) in [5.74, 6) is 0.420. The predicted octanol–water partition coefficient (Wildman–Crippen LogP) is 0.852. The fraction of sp³-hybridized carbons (Fsp3) is 0.833. The van der Waals surface area contributed by atoms with E-state index in [9.17, 15) is 4.79 Å². The summed E-state index contributed by atoms with van der Waals surface area (Å²) in [6.07, 6.45) is 2.21. The summed E-state index contributed by atoms with van der Waals surface area (Å²) >= 11 is 0. The quantitative estimate of drug-likeness (QED) is 0.225. The van der Waals surface area contributed by atoms with Crippen LogP contribution in [0.5, 0.6) is 0 Å². The number of hydrogen-bond acceptors (Lipinski definition) is 3. The van der Waals surface area contributed by atoms with Gasteiger partial charge in [-0.3, -0.25) is 9.79 Å². The van der Waals surface area contributed by atoms with Gasteiger partial charge in [-0.25, -0.2) is 0 Å². The molecule has 0 aliphatic carbocycles. The van der Waals surface area contributed by atoms with Crippen molar-refractivity contribution in [2.24, 2.45) is 10.7 Å². The van der Waals surface area contributed by atoms with Crippen LogP contribution in [0.1, 0.15) is 33.1 Å². The molecule has 0 aromatic heterocycles. The molecule has 19 heavy (non-hydrogen) atoms. The molecule has 0 unspecified atom stereocenters. The number of hydrogen-bond donors (Lipinski definition) is 3. The van der Waals surface area contributed by atoms with E-state index in [1.807, 2.05) is 13.8 Å². The van der Waals surface area contributed by atoms with Crippen LogP contribution in [-0.2, 0) is 9.53 Å². The number of nitrogens with two attached hydrogens (primary N) is 1. The van der Waals surface area contributed by atoms with E-state index in [1.165, 1.54) is 0 Å². The Balaban J connectivity index is 0. The summed E-state index contributed by atoms with van der Waals surface area (Å²) in [6.45, 7) is 7.28. The first-order chi connectivity index (χ1) is 8.70. The average Bonchev–Trinajstić information content (AvgIpc) is 2.36. The van der Waals surface area contributed by atoms with Crippen molar-refractivity contribution in [3.8, 4) is 0 Å². The largest absolute Gasteiger partial charge is 0.382 e. The lowest BCUT2D eigenvalue weighted by atomic mass is 10.4. The first-order valence-corrected chi connectivity index (χ1v) is 6.58. The molecule has 0 aliphatic heterocycles. The van der Waals surface area contributed by atoms with Crippen molar-refractivity contribution in [3.05, 3.63) is 0 Å². The SMILES string of the molecule is CCCNC(=O)CCNC(N)=NCCCOCC.I. The molecule has 114 valence electrons. The maximum atomic E-state index is 11.3. The van der Waals surface area contributed by atoms with Crippen LogP contribution in [0.3, 0.4) is 0 Å². The minimum Gasteiger partial charge on any atom is -0.382 e. The first kappa shape index (κ1) is 20.7. The summed E-state index contributed by atoms with van der Waals surface area (Å²) in [6, 6.07) is 0. The van der Waals surface area contributed by atoms with Crippen LogP contribution in [0.25, 0.3) is 0 Å². The van der Waals surface area contributed by atoms with E-state index < -0.39 is 0 Å². The predicted molar refractivity (Wildman–Crippen MR) is 88.9 cm³/mol. The van der Waals surface area contributed by atoms with Gasteiger partial charge in [-0.2, -0.15) is 0 Å². The Labute approximate surface area is 133 Å². The minimum absolute atomic E-state index is 0. The lowest BCUT2D eigenvalue weighted by Crippen LogP contribution is -2.35. The number of carbonyl (C=O) groups excluding carboxylic acids is 1. The van der Waals surface area contributed by atoms with Crippen molar-refractivity contribution < 1.29 is 9.53 Å². The highest BCUT2D eigenvalue weighted by molar-refractivity contribution is 14.0. The Morgan fingerprint density at radius 1 is 1.26 bits per heavy atom. The van der Waals surface area contributed by atoms with Gasteiger partial charge >= 0.3 is 0 Å². The molecular weight excluding hydrogens is 359 g/mol. The highest BCUT2D eigenvalue weighted by atomic mass is 127. The monoisotopic (exact) mass is 386 g/mol. The number of guanidine groups is 1. The lowest BCUT2D eigenvalue weighted by molar-refractivity contribution is -0.120. The molecule has 0 rings (SSSR count). The van der Waals surface area contributed by atoms with Gasteiger partial charge < -0.3 is 21.1 Å². The summed E-state index contributed by atoms with van der Waals surface area (Å²) in [7, 11) is 0. The molecule has 0 bridgehead atoms. The number of nitrogens with zero attached hydrogens (tertiary/aromatic N) is 1. The van der Waals surface area contributed by atoms with Crippen LogP contribution in [0.2, 0.25) is 0 Å². The van der Waals surface area contributed by atoms with Crippen LogP contribution in [0, 0.1) is 0 Å². The second-order valence-corrected chi connectivity index (χ2v) is 3.84. The van der Waals surface area contributed by atoms with E-state index in [1.54, 1.807) is 0 Å². The van der Waals surface area contributed by atoms with Gasteiger partial charge in [-0.05, 0) is 19.8 Å². The smallest absolute Gasteiger partial charge is 0.221 e. The van der Waals surface area contributed by atoms with Gasteiger partial charge in [0.1, 0.15) is 0 Å². The fourth-order valence-electron chi connectivity index (χ4n) is 1.22. The molecule has 0 aromatic rings. The minimum atomic E-state index is 0. The Morgan fingerprint density at radius 2 is 2.00 bits per heavy atom. The molecule has 7 heteroatoms. The second kappa shape index (κ2) is 15.5. The number of amides is 1.